The van der Waals surface area contributed by atoms with Crippen LogP contribution in [0.15, 0.2) is 29.3 Å². The summed E-state index contributed by atoms with van der Waals surface area (Å²) in [7, 11) is 0. The maximum absolute atomic E-state index is 9.19. The van der Waals surface area contributed by atoms with E-state index in [0.717, 1.165) is 29.6 Å². The van der Waals surface area contributed by atoms with Gasteiger partial charge in [0.1, 0.15) is 5.84 Å². The summed E-state index contributed by atoms with van der Waals surface area (Å²) in [5.41, 5.74) is 1.55. The molecule has 2 saturated heterocycles. The maximum Gasteiger partial charge on any atom is 0.127 e. The quantitative estimate of drug-likeness (QED) is 0.645. The van der Waals surface area contributed by atoms with Crippen molar-refractivity contribution in [2.75, 3.05) is 29.5 Å². The number of hydrogen-bond acceptors (Lipinski definition) is 5. The van der Waals surface area contributed by atoms with E-state index in [1.807, 2.05) is 36.0 Å². The van der Waals surface area contributed by atoms with Crippen LogP contribution in [0.4, 0.5) is 5.69 Å². The predicted molar refractivity (Wildman–Crippen MR) is 127 cm³/mol. The normalized spacial score (nSPS) is 27.3. The molecule has 2 aliphatic heterocycles. The van der Waals surface area contributed by atoms with Crippen LogP contribution in [-0.2, 0) is 0 Å². The summed E-state index contributed by atoms with van der Waals surface area (Å²) in [5.74, 6) is 3.48. The lowest BCUT2D eigenvalue weighted by Crippen LogP contribution is -2.51. The van der Waals surface area contributed by atoms with Crippen LogP contribution < -0.4 is 4.90 Å². The van der Waals surface area contributed by atoms with Crippen LogP contribution in [0.1, 0.15) is 51.5 Å². The van der Waals surface area contributed by atoms with Crippen LogP contribution in [0.25, 0.3) is 0 Å². The highest BCUT2D eigenvalue weighted by Crippen LogP contribution is 2.41. The molecule has 6 heteroatoms. The smallest absolute Gasteiger partial charge is 0.127 e. The Morgan fingerprint density at radius 2 is 1.76 bits per heavy atom. The fourth-order valence-corrected chi connectivity index (χ4v) is 6.11. The third kappa shape index (κ3) is 4.10. The molecule has 0 aromatic heterocycles. The van der Waals surface area contributed by atoms with Gasteiger partial charge in [0.05, 0.1) is 28.7 Å². The van der Waals surface area contributed by atoms with Crippen molar-refractivity contribution >= 4 is 40.5 Å². The number of anilines is 1. The molecule has 3 fully saturated rings. The second kappa shape index (κ2) is 8.75. The Kier molecular flexibility index (Phi) is 6.29. The van der Waals surface area contributed by atoms with Crippen LogP contribution in [0.3, 0.4) is 0 Å². The summed E-state index contributed by atoms with van der Waals surface area (Å²) in [6.07, 6.45) is 6.24. The molecule has 1 unspecified atom stereocenters. The van der Waals surface area contributed by atoms with Gasteiger partial charge >= 0.3 is 0 Å². The van der Waals surface area contributed by atoms with Crippen molar-refractivity contribution < 1.29 is 0 Å². The summed E-state index contributed by atoms with van der Waals surface area (Å²) in [6.45, 7) is 6.74. The predicted octanol–water partition coefficient (Wildman–Crippen LogP) is 4.88. The van der Waals surface area contributed by atoms with Gasteiger partial charge in [0.25, 0.3) is 0 Å². The largest absolute Gasteiger partial charge is 0.291 e. The van der Waals surface area contributed by atoms with Gasteiger partial charge in [0, 0.05) is 35.7 Å². The third-order valence-corrected chi connectivity index (χ3v) is 8.12. The zero-order valence-electron chi connectivity index (χ0n) is 17.4. The number of benzene rings is 1. The molecule has 1 aromatic carbocycles. The van der Waals surface area contributed by atoms with Crippen LogP contribution in [0.5, 0.6) is 0 Å². The molecule has 1 aromatic rings. The molecule has 0 radical (unpaired) electrons. The number of thioether (sulfide) groups is 1. The minimum atomic E-state index is -0.154. The SMILES string of the molecule is CC1(C)C(=S)N(c2ccc(C#N)cc2)C(=NC2CCCCC2)C1N1CCSCC1. The molecule has 0 amide bonds. The molecular formula is C23H30N4S2. The number of nitriles is 1. The van der Waals surface area contributed by atoms with Crippen molar-refractivity contribution in [1.29, 1.82) is 5.26 Å². The van der Waals surface area contributed by atoms with E-state index in [2.05, 4.69) is 29.7 Å². The molecule has 3 aliphatic rings. The van der Waals surface area contributed by atoms with E-state index in [-0.39, 0.29) is 11.5 Å². The molecule has 1 atom stereocenters. The highest BCUT2D eigenvalue weighted by Gasteiger charge is 2.52. The van der Waals surface area contributed by atoms with Crippen LogP contribution in [0.2, 0.25) is 0 Å². The van der Waals surface area contributed by atoms with Crippen molar-refractivity contribution in [3.05, 3.63) is 29.8 Å². The number of amidine groups is 1. The number of nitrogens with zero attached hydrogens (tertiary/aromatic N) is 4. The first-order valence-electron chi connectivity index (χ1n) is 10.8. The zero-order chi connectivity index (χ0) is 20.4. The average Bonchev–Trinajstić information content (AvgIpc) is 2.94. The second-order valence-corrected chi connectivity index (χ2v) is 10.5. The van der Waals surface area contributed by atoms with Crippen molar-refractivity contribution in [2.24, 2.45) is 10.4 Å². The first kappa shape index (κ1) is 20.8. The van der Waals surface area contributed by atoms with E-state index in [1.54, 1.807) is 0 Å². The molecule has 0 N–H and O–H groups in total. The number of rotatable bonds is 3. The van der Waals surface area contributed by atoms with Crippen LogP contribution in [-0.4, -0.2) is 52.4 Å². The summed E-state index contributed by atoms with van der Waals surface area (Å²) in [5, 5.41) is 9.19. The van der Waals surface area contributed by atoms with Gasteiger partial charge in [-0.3, -0.25) is 14.8 Å². The summed E-state index contributed by atoms with van der Waals surface area (Å²) >= 11 is 8.10. The Hall–Kier alpha value is -1.42. The molecule has 154 valence electrons. The highest BCUT2D eigenvalue weighted by molar-refractivity contribution is 7.99. The zero-order valence-corrected chi connectivity index (χ0v) is 19.1. The monoisotopic (exact) mass is 426 g/mol. The van der Waals surface area contributed by atoms with Gasteiger partial charge in [0.15, 0.2) is 0 Å². The third-order valence-electron chi connectivity index (χ3n) is 6.47. The van der Waals surface area contributed by atoms with E-state index < -0.39 is 0 Å². The highest BCUT2D eigenvalue weighted by atomic mass is 32.2. The minimum Gasteiger partial charge on any atom is -0.291 e. The van der Waals surface area contributed by atoms with E-state index >= 15 is 0 Å². The topological polar surface area (TPSA) is 42.6 Å². The van der Waals surface area contributed by atoms with Gasteiger partial charge in [-0.2, -0.15) is 17.0 Å². The molecule has 0 spiro atoms. The van der Waals surface area contributed by atoms with Gasteiger partial charge < -0.3 is 0 Å². The van der Waals surface area contributed by atoms with Gasteiger partial charge in [-0.1, -0.05) is 45.3 Å². The van der Waals surface area contributed by atoms with Crippen molar-refractivity contribution in [3.8, 4) is 6.07 Å². The van der Waals surface area contributed by atoms with Crippen LogP contribution >= 0.6 is 24.0 Å². The second-order valence-electron chi connectivity index (χ2n) is 8.85. The molecule has 4 nitrogen and oxygen atoms in total. The number of aliphatic imine (C=N–C) groups is 1. The van der Waals surface area contributed by atoms with Gasteiger partial charge in [-0.25, -0.2) is 0 Å². The molecule has 2 heterocycles. The molecule has 1 saturated carbocycles. The summed E-state index contributed by atoms with van der Waals surface area (Å²) in [6, 6.07) is 10.6. The lowest BCUT2D eigenvalue weighted by Gasteiger charge is -2.38. The van der Waals surface area contributed by atoms with E-state index in [4.69, 9.17) is 17.2 Å². The first-order chi connectivity index (χ1) is 14.0. The Morgan fingerprint density at radius 1 is 1.10 bits per heavy atom. The van der Waals surface area contributed by atoms with E-state index in [1.165, 1.54) is 43.6 Å². The minimum absolute atomic E-state index is 0.154. The van der Waals surface area contributed by atoms with Crippen molar-refractivity contribution in [1.82, 2.24) is 4.90 Å². The molecule has 29 heavy (non-hydrogen) atoms. The van der Waals surface area contributed by atoms with E-state index in [9.17, 15) is 5.26 Å². The Morgan fingerprint density at radius 3 is 2.38 bits per heavy atom. The Labute approximate surface area is 184 Å². The molecule has 4 rings (SSSR count). The number of thiocarbonyl (C=S) groups is 1. The Bertz CT molecular complexity index is 812. The molecule has 0 bridgehead atoms. The van der Waals surface area contributed by atoms with Gasteiger partial charge in [-0.05, 0) is 37.1 Å². The first-order valence-corrected chi connectivity index (χ1v) is 12.3. The summed E-state index contributed by atoms with van der Waals surface area (Å²) in [4.78, 5) is 11.1. The standard InChI is InChI=1S/C23H30N4S2/c1-23(2)20(26-12-14-29-15-13-26)21(25-18-6-4-3-5-7-18)27(22(23)28)19-10-8-17(16-24)9-11-19/h8-11,18,20H,3-7,12-15H2,1-2H3. The molecular weight excluding hydrogens is 396 g/mol. The fourth-order valence-electron chi connectivity index (χ4n) is 4.87. The number of hydrogen-bond donors (Lipinski definition) is 0. The van der Waals surface area contributed by atoms with Crippen molar-refractivity contribution in [2.45, 2.75) is 58.0 Å². The summed E-state index contributed by atoms with van der Waals surface area (Å²) < 4.78 is 0. The average molecular weight is 427 g/mol. The Balaban J connectivity index is 1.77. The van der Waals surface area contributed by atoms with E-state index in [0.29, 0.717) is 11.6 Å². The van der Waals surface area contributed by atoms with Gasteiger partial charge in [0.2, 0.25) is 0 Å². The lowest BCUT2D eigenvalue weighted by molar-refractivity contribution is 0.201. The van der Waals surface area contributed by atoms with Crippen LogP contribution in [0, 0.1) is 16.7 Å². The van der Waals surface area contributed by atoms with Crippen molar-refractivity contribution in [3.63, 3.8) is 0 Å². The lowest BCUT2D eigenvalue weighted by atomic mass is 9.85. The van der Waals surface area contributed by atoms with Gasteiger partial charge in [-0.15, -0.1) is 0 Å². The molecule has 1 aliphatic carbocycles. The fraction of sp³-hybridized carbons (Fsp3) is 0.609. The maximum atomic E-state index is 9.19.